The van der Waals surface area contributed by atoms with Gasteiger partial charge in [-0.15, -0.1) is 0 Å². The number of aromatic nitrogens is 1. The molecule has 2 amide bonds. The van der Waals surface area contributed by atoms with Crippen LogP contribution in [0, 0.1) is 0 Å². The number of benzene rings is 2. The minimum absolute atomic E-state index is 0.184. The van der Waals surface area contributed by atoms with Gasteiger partial charge < -0.3 is 20.3 Å². The largest absolute Gasteiger partial charge is 0.457 e. The molecule has 0 unspecified atom stereocenters. The van der Waals surface area contributed by atoms with Crippen molar-refractivity contribution >= 4 is 23.6 Å². The number of likely N-dealkylation sites (N-methyl/N-ethyl adjacent to an activating group) is 1. The van der Waals surface area contributed by atoms with E-state index in [2.05, 4.69) is 27.8 Å². The van der Waals surface area contributed by atoms with Gasteiger partial charge in [-0.25, -0.2) is 0 Å². The fraction of sp³-hybridized carbons (Fsp3) is 0.276. The Morgan fingerprint density at radius 3 is 2.64 bits per heavy atom. The molecule has 186 valence electrons. The third-order valence-corrected chi connectivity index (χ3v) is 5.95. The first-order valence-corrected chi connectivity index (χ1v) is 12.2. The minimum atomic E-state index is -0.246. The molecule has 3 aromatic rings. The van der Waals surface area contributed by atoms with Crippen LogP contribution in [0.5, 0.6) is 11.5 Å². The van der Waals surface area contributed by atoms with Crippen LogP contribution in [-0.4, -0.2) is 48.9 Å². The van der Waals surface area contributed by atoms with Crippen LogP contribution in [0.15, 0.2) is 66.9 Å². The average Bonchev–Trinajstić information content (AvgIpc) is 2.87. The second-order valence-corrected chi connectivity index (χ2v) is 9.12. The molecule has 0 aliphatic heterocycles. The van der Waals surface area contributed by atoms with Crippen LogP contribution >= 0.6 is 0 Å². The topological polar surface area (TPSA) is 83.6 Å². The first-order valence-electron chi connectivity index (χ1n) is 12.2. The van der Waals surface area contributed by atoms with E-state index < -0.39 is 0 Å². The zero-order valence-corrected chi connectivity index (χ0v) is 20.8. The monoisotopic (exact) mass is 484 g/mol. The molecule has 0 atom stereocenters. The number of hydrogen-bond acceptors (Lipinski definition) is 5. The second kappa shape index (κ2) is 12.1. The molecule has 1 aliphatic rings. The maximum absolute atomic E-state index is 12.5. The number of nitrogens with zero attached hydrogens (tertiary/aromatic N) is 2. The van der Waals surface area contributed by atoms with Gasteiger partial charge in [0.25, 0.3) is 5.91 Å². The molecule has 0 saturated heterocycles. The zero-order chi connectivity index (χ0) is 25.3. The summed E-state index contributed by atoms with van der Waals surface area (Å²) in [6, 6.07) is 16.9. The Morgan fingerprint density at radius 1 is 1.00 bits per heavy atom. The molecule has 2 N–H and O–H groups in total. The highest BCUT2D eigenvalue weighted by Crippen LogP contribution is 2.25. The van der Waals surface area contributed by atoms with Gasteiger partial charge >= 0.3 is 0 Å². The van der Waals surface area contributed by atoms with Crippen molar-refractivity contribution in [3.63, 3.8) is 0 Å². The predicted molar refractivity (Wildman–Crippen MR) is 142 cm³/mol. The smallest absolute Gasteiger partial charge is 0.270 e. The maximum atomic E-state index is 12.5. The number of amides is 2. The lowest BCUT2D eigenvalue weighted by Gasteiger charge is -2.16. The number of aryl methyl sites for hydroxylation is 2. The van der Waals surface area contributed by atoms with Gasteiger partial charge in [0.2, 0.25) is 5.91 Å². The van der Waals surface area contributed by atoms with Crippen LogP contribution in [0.25, 0.3) is 6.08 Å². The molecule has 7 heteroatoms. The highest BCUT2D eigenvalue weighted by atomic mass is 16.5. The Morgan fingerprint density at radius 2 is 1.81 bits per heavy atom. The summed E-state index contributed by atoms with van der Waals surface area (Å²) in [5.74, 6) is 0.673. The van der Waals surface area contributed by atoms with Gasteiger partial charge in [-0.05, 0) is 92.9 Å². The number of anilines is 1. The minimum Gasteiger partial charge on any atom is -0.457 e. The molecule has 0 spiro atoms. The fourth-order valence-electron chi connectivity index (χ4n) is 4.07. The Bertz CT molecular complexity index is 1250. The zero-order valence-electron chi connectivity index (χ0n) is 20.8. The van der Waals surface area contributed by atoms with E-state index in [9.17, 15) is 9.59 Å². The van der Waals surface area contributed by atoms with E-state index in [1.807, 2.05) is 49.3 Å². The summed E-state index contributed by atoms with van der Waals surface area (Å²) >= 11 is 0. The van der Waals surface area contributed by atoms with Crippen molar-refractivity contribution in [2.24, 2.45) is 0 Å². The van der Waals surface area contributed by atoms with Crippen molar-refractivity contribution in [3.05, 3.63) is 89.3 Å². The molecule has 4 rings (SSSR count). The summed E-state index contributed by atoms with van der Waals surface area (Å²) in [6.45, 7) is 1.28. The predicted octanol–water partition coefficient (Wildman–Crippen LogP) is 4.70. The van der Waals surface area contributed by atoms with E-state index in [1.54, 1.807) is 24.4 Å². The Balaban J connectivity index is 1.35. The number of pyridine rings is 1. The molecule has 2 aromatic carbocycles. The van der Waals surface area contributed by atoms with Crippen LogP contribution in [0.3, 0.4) is 0 Å². The molecule has 36 heavy (non-hydrogen) atoms. The van der Waals surface area contributed by atoms with Gasteiger partial charge in [0, 0.05) is 37.1 Å². The van der Waals surface area contributed by atoms with Crippen LogP contribution in [0.2, 0.25) is 0 Å². The van der Waals surface area contributed by atoms with E-state index >= 15 is 0 Å². The number of rotatable bonds is 9. The third-order valence-electron chi connectivity index (χ3n) is 5.95. The summed E-state index contributed by atoms with van der Waals surface area (Å²) in [7, 11) is 3.90. The second-order valence-electron chi connectivity index (χ2n) is 9.12. The molecule has 7 nitrogen and oxygen atoms in total. The Hall–Kier alpha value is -3.97. The molecule has 0 fully saturated rings. The highest BCUT2D eigenvalue weighted by Gasteiger charge is 2.11. The van der Waals surface area contributed by atoms with Crippen molar-refractivity contribution in [2.75, 3.05) is 32.5 Å². The van der Waals surface area contributed by atoms with E-state index in [0.717, 1.165) is 30.6 Å². The molecule has 0 saturated carbocycles. The fourth-order valence-corrected chi connectivity index (χ4v) is 4.07. The van der Waals surface area contributed by atoms with E-state index in [0.29, 0.717) is 23.7 Å². The Kier molecular flexibility index (Phi) is 8.47. The number of fused-ring (bicyclic) bond motifs is 1. The molecule has 1 heterocycles. The number of ether oxygens (including phenoxy) is 1. The number of hydrogen-bond donors (Lipinski definition) is 2. The lowest BCUT2D eigenvalue weighted by atomic mass is 9.91. The molecule has 0 radical (unpaired) electrons. The van der Waals surface area contributed by atoms with Crippen molar-refractivity contribution in [1.82, 2.24) is 15.2 Å². The maximum Gasteiger partial charge on any atom is 0.270 e. The standard InChI is InChI=1S/C29H32N4O3/c1-33(2)17-16-31-29(35)27-20-26(14-15-30-27)36-25-9-5-6-21(18-25)10-13-28(34)32-24-12-11-22-7-3-4-8-23(22)19-24/h5-6,9-15,18-20H,3-4,7-8,16-17H2,1-2H3,(H,31,35)(H,32,34)/b13-10+. The number of carbonyl (C=O) groups is 2. The summed E-state index contributed by atoms with van der Waals surface area (Å²) in [5, 5.41) is 5.79. The van der Waals surface area contributed by atoms with Crippen LogP contribution < -0.4 is 15.4 Å². The highest BCUT2D eigenvalue weighted by molar-refractivity contribution is 6.02. The average molecular weight is 485 g/mol. The van der Waals surface area contributed by atoms with Gasteiger partial charge in [0.15, 0.2) is 0 Å². The van der Waals surface area contributed by atoms with Crippen LogP contribution in [0.1, 0.15) is 40.0 Å². The van der Waals surface area contributed by atoms with Gasteiger partial charge in [0.05, 0.1) is 0 Å². The van der Waals surface area contributed by atoms with Crippen LogP contribution in [-0.2, 0) is 17.6 Å². The summed E-state index contributed by atoms with van der Waals surface area (Å²) in [6.07, 6.45) is 9.43. The van der Waals surface area contributed by atoms with Gasteiger partial charge in [-0.2, -0.15) is 0 Å². The van der Waals surface area contributed by atoms with E-state index in [4.69, 9.17) is 4.74 Å². The van der Waals surface area contributed by atoms with Crippen molar-refractivity contribution in [1.29, 1.82) is 0 Å². The molecular weight excluding hydrogens is 452 g/mol. The molecule has 1 aromatic heterocycles. The van der Waals surface area contributed by atoms with Crippen LogP contribution in [0.4, 0.5) is 5.69 Å². The van der Waals surface area contributed by atoms with Crippen molar-refractivity contribution in [3.8, 4) is 11.5 Å². The lowest BCUT2D eigenvalue weighted by Crippen LogP contribution is -2.31. The molecular formula is C29H32N4O3. The SMILES string of the molecule is CN(C)CCNC(=O)c1cc(Oc2cccc(/C=C/C(=O)Nc3ccc4c(c3)CCCC4)c2)ccn1. The van der Waals surface area contributed by atoms with E-state index in [-0.39, 0.29) is 11.8 Å². The van der Waals surface area contributed by atoms with Gasteiger partial charge in [-0.3, -0.25) is 14.6 Å². The molecule has 0 bridgehead atoms. The third kappa shape index (κ3) is 7.26. The summed E-state index contributed by atoms with van der Waals surface area (Å²) in [5.41, 5.74) is 4.66. The number of carbonyl (C=O) groups excluding carboxylic acids is 2. The Labute approximate surface area is 212 Å². The quantitative estimate of drug-likeness (QED) is 0.430. The summed E-state index contributed by atoms with van der Waals surface area (Å²) < 4.78 is 5.95. The first-order chi connectivity index (χ1) is 17.5. The lowest BCUT2D eigenvalue weighted by molar-refractivity contribution is -0.111. The molecule has 1 aliphatic carbocycles. The van der Waals surface area contributed by atoms with Gasteiger partial charge in [0.1, 0.15) is 17.2 Å². The summed E-state index contributed by atoms with van der Waals surface area (Å²) in [4.78, 5) is 30.9. The van der Waals surface area contributed by atoms with E-state index in [1.165, 1.54) is 30.0 Å². The van der Waals surface area contributed by atoms with Crippen molar-refractivity contribution < 1.29 is 14.3 Å². The first kappa shape index (κ1) is 25.1. The van der Waals surface area contributed by atoms with Crippen molar-refractivity contribution in [2.45, 2.75) is 25.7 Å². The normalized spacial score (nSPS) is 12.9. The number of nitrogens with one attached hydrogen (secondary N) is 2. The van der Waals surface area contributed by atoms with Gasteiger partial charge in [-0.1, -0.05) is 18.2 Å².